The predicted molar refractivity (Wildman–Crippen MR) is 92.4 cm³/mol. The minimum atomic E-state index is -4.52. The number of ether oxygens (including phenoxy) is 1. The lowest BCUT2D eigenvalue weighted by Crippen LogP contribution is -2.48. The van der Waals surface area contributed by atoms with Crippen LogP contribution in [0.4, 0.5) is 18.0 Å². The largest absolute Gasteiger partial charge is 0.496 e. The number of piperazine rings is 1. The van der Waals surface area contributed by atoms with Crippen molar-refractivity contribution in [3.63, 3.8) is 0 Å². The van der Waals surface area contributed by atoms with Crippen molar-refractivity contribution < 1.29 is 27.5 Å². The van der Waals surface area contributed by atoms with Crippen LogP contribution in [0.2, 0.25) is 0 Å². The lowest BCUT2D eigenvalue weighted by Gasteiger charge is -2.36. The Hall–Kier alpha value is -2.33. The molecule has 0 bridgehead atoms. The summed E-state index contributed by atoms with van der Waals surface area (Å²) in [5, 5.41) is 6.82. The van der Waals surface area contributed by atoms with Gasteiger partial charge in [0.2, 0.25) is 5.91 Å². The smallest absolute Gasteiger partial charge is 0.405 e. The lowest BCUT2D eigenvalue weighted by molar-refractivity contribution is -0.124. The Morgan fingerprint density at radius 1 is 1.33 bits per heavy atom. The molecular formula is C17H23F3N4O3. The van der Waals surface area contributed by atoms with E-state index < -0.39 is 24.7 Å². The van der Waals surface area contributed by atoms with Crippen LogP contribution >= 0.6 is 0 Å². The first-order valence-corrected chi connectivity index (χ1v) is 8.52. The number of hydrogen-bond acceptors (Lipinski definition) is 5. The van der Waals surface area contributed by atoms with E-state index in [9.17, 15) is 22.8 Å². The van der Waals surface area contributed by atoms with Gasteiger partial charge >= 0.3 is 12.2 Å². The van der Waals surface area contributed by atoms with E-state index in [4.69, 9.17) is 4.74 Å². The average Bonchev–Trinajstić information content (AvgIpc) is 2.64. The Labute approximate surface area is 155 Å². The number of nitrogens with one attached hydrogen (secondary N) is 3. The molecule has 1 fully saturated rings. The molecule has 1 aromatic carbocycles. The molecule has 0 radical (unpaired) electrons. The molecule has 1 aromatic rings. The third-order valence-electron chi connectivity index (χ3n) is 4.18. The Morgan fingerprint density at radius 2 is 2.07 bits per heavy atom. The molecule has 0 spiro atoms. The number of para-hydroxylation sites is 1. The summed E-state index contributed by atoms with van der Waals surface area (Å²) in [4.78, 5) is 25.3. The fourth-order valence-corrected chi connectivity index (χ4v) is 2.92. The summed E-state index contributed by atoms with van der Waals surface area (Å²) in [5.41, 5.74) is 0.982. The third-order valence-corrected chi connectivity index (χ3v) is 4.18. The fourth-order valence-electron chi connectivity index (χ4n) is 2.92. The number of urea groups is 1. The summed E-state index contributed by atoms with van der Waals surface area (Å²) in [5.74, 6) is 0.110. The molecule has 10 heteroatoms. The zero-order chi connectivity index (χ0) is 19.9. The molecule has 1 saturated heterocycles. The van der Waals surface area contributed by atoms with Gasteiger partial charge in [-0.15, -0.1) is 0 Å². The van der Waals surface area contributed by atoms with E-state index in [1.807, 2.05) is 29.6 Å². The van der Waals surface area contributed by atoms with E-state index in [1.54, 1.807) is 12.4 Å². The van der Waals surface area contributed by atoms with Gasteiger partial charge in [-0.2, -0.15) is 13.2 Å². The van der Waals surface area contributed by atoms with E-state index in [0.717, 1.165) is 17.9 Å². The molecular weight excluding hydrogens is 365 g/mol. The SMILES string of the molecule is COc1ccccc1C1CNCCN1CCC(=O)NC(=O)NCC(F)(F)F. The molecule has 1 unspecified atom stereocenters. The maximum atomic E-state index is 12.1. The van der Waals surface area contributed by atoms with Crippen molar-refractivity contribution in [2.45, 2.75) is 18.6 Å². The highest BCUT2D eigenvalue weighted by atomic mass is 19.4. The van der Waals surface area contributed by atoms with Gasteiger partial charge in [-0.05, 0) is 6.07 Å². The van der Waals surface area contributed by atoms with Gasteiger partial charge in [-0.3, -0.25) is 15.0 Å². The Balaban J connectivity index is 1.89. The van der Waals surface area contributed by atoms with Crippen LogP contribution < -0.4 is 20.7 Å². The second-order valence-electron chi connectivity index (χ2n) is 6.09. The molecule has 150 valence electrons. The van der Waals surface area contributed by atoms with Crippen molar-refractivity contribution in [3.8, 4) is 5.75 Å². The topological polar surface area (TPSA) is 82.7 Å². The summed E-state index contributed by atoms with van der Waals surface area (Å²) in [6, 6.07) is 6.42. The van der Waals surface area contributed by atoms with Crippen LogP contribution in [0.3, 0.4) is 0 Å². The highest BCUT2D eigenvalue weighted by molar-refractivity contribution is 5.94. The summed E-state index contributed by atoms with van der Waals surface area (Å²) in [6.45, 7) is 0.992. The van der Waals surface area contributed by atoms with Gasteiger partial charge in [0.1, 0.15) is 12.3 Å². The van der Waals surface area contributed by atoms with Crippen LogP contribution in [-0.4, -0.2) is 62.8 Å². The number of rotatable bonds is 6. The minimum Gasteiger partial charge on any atom is -0.496 e. The van der Waals surface area contributed by atoms with E-state index in [1.165, 1.54) is 0 Å². The molecule has 2 rings (SSSR count). The molecule has 3 N–H and O–H groups in total. The van der Waals surface area contributed by atoms with Crippen molar-refractivity contribution >= 4 is 11.9 Å². The molecule has 0 aromatic heterocycles. The first-order chi connectivity index (χ1) is 12.8. The Kier molecular flexibility index (Phi) is 7.43. The summed E-state index contributed by atoms with van der Waals surface area (Å²) >= 11 is 0. The number of halogens is 3. The van der Waals surface area contributed by atoms with Gasteiger partial charge in [0.15, 0.2) is 0 Å². The van der Waals surface area contributed by atoms with E-state index in [2.05, 4.69) is 10.2 Å². The third kappa shape index (κ3) is 6.72. The minimum absolute atomic E-state index is 0.00884. The molecule has 1 aliphatic heterocycles. The fraction of sp³-hybridized carbons (Fsp3) is 0.529. The van der Waals surface area contributed by atoms with Crippen LogP contribution in [0.1, 0.15) is 18.0 Å². The second-order valence-corrected chi connectivity index (χ2v) is 6.09. The molecule has 1 aliphatic rings. The molecule has 7 nitrogen and oxygen atoms in total. The van der Waals surface area contributed by atoms with Crippen molar-refractivity contribution in [3.05, 3.63) is 29.8 Å². The normalized spacial score (nSPS) is 18.0. The number of amides is 3. The quantitative estimate of drug-likeness (QED) is 0.687. The Bertz CT molecular complexity index is 655. The van der Waals surface area contributed by atoms with Crippen LogP contribution in [0, 0.1) is 0 Å². The monoisotopic (exact) mass is 388 g/mol. The zero-order valence-electron chi connectivity index (χ0n) is 14.9. The number of hydrogen-bond donors (Lipinski definition) is 3. The van der Waals surface area contributed by atoms with Gasteiger partial charge in [0, 0.05) is 38.2 Å². The van der Waals surface area contributed by atoms with Crippen molar-refractivity contribution in [1.29, 1.82) is 0 Å². The summed E-state index contributed by atoms with van der Waals surface area (Å²) in [6.07, 6.45) is -4.53. The number of nitrogens with zero attached hydrogens (tertiary/aromatic N) is 1. The van der Waals surface area contributed by atoms with Crippen LogP contribution in [0.25, 0.3) is 0 Å². The first kappa shape index (κ1) is 21.0. The molecule has 1 heterocycles. The zero-order valence-corrected chi connectivity index (χ0v) is 14.9. The van der Waals surface area contributed by atoms with Gasteiger partial charge in [0.25, 0.3) is 0 Å². The van der Waals surface area contributed by atoms with Crippen LogP contribution in [0.15, 0.2) is 24.3 Å². The maximum Gasteiger partial charge on any atom is 0.405 e. The van der Waals surface area contributed by atoms with Gasteiger partial charge < -0.3 is 15.4 Å². The summed E-state index contributed by atoms with van der Waals surface area (Å²) < 4.78 is 41.6. The Morgan fingerprint density at radius 3 is 2.78 bits per heavy atom. The first-order valence-electron chi connectivity index (χ1n) is 8.52. The average molecular weight is 388 g/mol. The van der Waals surface area contributed by atoms with Gasteiger partial charge in [0.05, 0.1) is 13.2 Å². The van der Waals surface area contributed by atoms with Crippen molar-refractivity contribution in [2.24, 2.45) is 0 Å². The second kappa shape index (κ2) is 9.56. The lowest BCUT2D eigenvalue weighted by atomic mass is 10.0. The van der Waals surface area contributed by atoms with E-state index in [0.29, 0.717) is 19.6 Å². The number of carbonyl (C=O) groups is 2. The van der Waals surface area contributed by atoms with Crippen LogP contribution in [0.5, 0.6) is 5.75 Å². The number of alkyl halides is 3. The number of imide groups is 1. The number of benzene rings is 1. The molecule has 0 aliphatic carbocycles. The van der Waals surface area contributed by atoms with Gasteiger partial charge in [-0.1, -0.05) is 18.2 Å². The predicted octanol–water partition coefficient (Wildman–Crippen LogP) is 1.42. The number of methoxy groups -OCH3 is 1. The molecule has 3 amide bonds. The molecule has 1 atom stereocenters. The molecule has 27 heavy (non-hydrogen) atoms. The van der Waals surface area contributed by atoms with Gasteiger partial charge in [-0.25, -0.2) is 4.79 Å². The highest BCUT2D eigenvalue weighted by Gasteiger charge is 2.29. The maximum absolute atomic E-state index is 12.1. The molecule has 0 saturated carbocycles. The summed E-state index contributed by atoms with van der Waals surface area (Å²) in [7, 11) is 1.59. The van der Waals surface area contributed by atoms with Crippen molar-refractivity contribution in [1.82, 2.24) is 20.9 Å². The van der Waals surface area contributed by atoms with E-state index >= 15 is 0 Å². The number of carbonyl (C=O) groups excluding carboxylic acids is 2. The van der Waals surface area contributed by atoms with Crippen LogP contribution in [-0.2, 0) is 4.79 Å². The standard InChI is InChI=1S/C17H23F3N4O3/c1-27-14-5-3-2-4-12(14)13-10-21-7-9-24(13)8-6-15(25)23-16(26)22-11-17(18,19)20/h2-5,13,21H,6-11H2,1H3,(H2,22,23,25,26). The highest BCUT2D eigenvalue weighted by Crippen LogP contribution is 2.30. The van der Waals surface area contributed by atoms with E-state index in [-0.39, 0.29) is 12.5 Å². The van der Waals surface area contributed by atoms with Crippen molar-refractivity contribution in [2.75, 3.05) is 39.8 Å².